The molecule has 0 aliphatic carbocycles. The van der Waals surface area contributed by atoms with E-state index >= 15 is 0 Å². The van der Waals surface area contributed by atoms with Crippen LogP contribution in [-0.4, -0.2) is 39.4 Å². The normalized spacial score (nSPS) is 11.9. The number of likely N-dealkylation sites (N-methyl/N-ethyl adjacent to an activating group) is 1. The van der Waals surface area contributed by atoms with Gasteiger partial charge in [-0.15, -0.1) is 0 Å². The number of nitrogens with one attached hydrogen (secondary N) is 1. The number of rotatable bonds is 7. The van der Waals surface area contributed by atoms with E-state index in [2.05, 4.69) is 12.2 Å². The summed E-state index contributed by atoms with van der Waals surface area (Å²) in [4.78, 5) is 3.92. The van der Waals surface area contributed by atoms with Crippen molar-refractivity contribution < 1.29 is 9.50 Å². The Hall–Kier alpha value is -2.27. The minimum atomic E-state index is -0.231. The number of benzene rings is 2. The van der Waals surface area contributed by atoms with Gasteiger partial charge in [0.2, 0.25) is 0 Å². The fourth-order valence-corrected chi connectivity index (χ4v) is 2.69. The van der Waals surface area contributed by atoms with Crippen molar-refractivity contribution in [1.82, 2.24) is 0 Å². The molecule has 0 radical (unpaired) electrons. The Kier molecular flexibility index (Phi) is 6.04. The summed E-state index contributed by atoms with van der Waals surface area (Å²) in [5, 5.41) is 12.5. The lowest BCUT2D eigenvalue weighted by Crippen LogP contribution is -2.21. The van der Waals surface area contributed by atoms with Crippen molar-refractivity contribution in [1.29, 1.82) is 0 Å². The zero-order chi connectivity index (χ0) is 17.7. The molecule has 2 aromatic rings. The Bertz CT molecular complexity index is 658. The first-order chi connectivity index (χ1) is 11.4. The molecule has 4 nitrogen and oxygen atoms in total. The predicted octanol–water partition coefficient (Wildman–Crippen LogP) is 3.49. The van der Waals surface area contributed by atoms with Gasteiger partial charge in [0.05, 0.1) is 12.6 Å². The van der Waals surface area contributed by atoms with Crippen molar-refractivity contribution in [3.05, 3.63) is 53.8 Å². The fourth-order valence-electron chi connectivity index (χ4n) is 2.69. The second kappa shape index (κ2) is 8.02. The van der Waals surface area contributed by atoms with Gasteiger partial charge in [0, 0.05) is 44.7 Å². The summed E-state index contributed by atoms with van der Waals surface area (Å²) >= 11 is 0. The van der Waals surface area contributed by atoms with Crippen LogP contribution in [0.4, 0.5) is 21.5 Å². The fraction of sp³-hybridized carbons (Fsp3) is 0.368. The molecule has 0 aromatic heterocycles. The van der Waals surface area contributed by atoms with Crippen LogP contribution >= 0.6 is 0 Å². The van der Waals surface area contributed by atoms with Crippen LogP contribution in [0.25, 0.3) is 0 Å². The molecule has 1 atom stereocenters. The van der Waals surface area contributed by atoms with Crippen molar-refractivity contribution in [3.63, 3.8) is 0 Å². The molecule has 2 N–H and O–H groups in total. The average Bonchev–Trinajstić information content (AvgIpc) is 2.55. The molecule has 2 rings (SSSR count). The lowest BCUT2D eigenvalue weighted by Gasteiger charge is -2.24. The second-order valence-electron chi connectivity index (χ2n) is 6.16. The number of halogens is 1. The minimum absolute atomic E-state index is 0.0454. The Morgan fingerprint density at radius 1 is 1.08 bits per heavy atom. The summed E-state index contributed by atoms with van der Waals surface area (Å²) in [6, 6.07) is 13.0. The zero-order valence-corrected chi connectivity index (χ0v) is 14.8. The molecule has 0 fully saturated rings. The van der Waals surface area contributed by atoms with E-state index in [0.717, 1.165) is 22.6 Å². The van der Waals surface area contributed by atoms with Crippen molar-refractivity contribution >= 4 is 17.1 Å². The summed E-state index contributed by atoms with van der Waals surface area (Å²) in [6.07, 6.45) is 0. The Labute approximate surface area is 143 Å². The molecule has 1 unspecified atom stereocenters. The zero-order valence-electron chi connectivity index (χ0n) is 14.8. The van der Waals surface area contributed by atoms with E-state index in [9.17, 15) is 4.39 Å². The molecule has 130 valence electrons. The first-order valence-corrected chi connectivity index (χ1v) is 8.07. The highest BCUT2D eigenvalue weighted by Crippen LogP contribution is 2.29. The van der Waals surface area contributed by atoms with Gasteiger partial charge in [-0.05, 0) is 48.9 Å². The summed E-state index contributed by atoms with van der Waals surface area (Å²) in [7, 11) is 5.77. The first-order valence-electron chi connectivity index (χ1n) is 8.07. The van der Waals surface area contributed by atoms with Crippen molar-refractivity contribution in [2.45, 2.75) is 13.0 Å². The Morgan fingerprint density at radius 3 is 2.33 bits per heavy atom. The second-order valence-corrected chi connectivity index (χ2v) is 6.16. The molecule has 0 heterocycles. The van der Waals surface area contributed by atoms with E-state index in [4.69, 9.17) is 5.11 Å². The molecule has 24 heavy (non-hydrogen) atoms. The van der Waals surface area contributed by atoms with Crippen molar-refractivity contribution in [2.24, 2.45) is 0 Å². The van der Waals surface area contributed by atoms with Crippen LogP contribution in [0, 0.1) is 5.82 Å². The molecule has 2 aromatic carbocycles. The van der Waals surface area contributed by atoms with Gasteiger partial charge < -0.3 is 20.2 Å². The summed E-state index contributed by atoms with van der Waals surface area (Å²) in [5.41, 5.74) is 3.97. The highest BCUT2D eigenvalue weighted by Gasteiger charge is 2.13. The number of hydrogen-bond acceptors (Lipinski definition) is 4. The van der Waals surface area contributed by atoms with Gasteiger partial charge in [0.15, 0.2) is 0 Å². The maximum absolute atomic E-state index is 13.5. The van der Waals surface area contributed by atoms with Crippen LogP contribution in [0.3, 0.4) is 0 Å². The van der Waals surface area contributed by atoms with E-state index in [1.165, 1.54) is 6.07 Å². The van der Waals surface area contributed by atoms with Gasteiger partial charge in [0.1, 0.15) is 5.82 Å². The topological polar surface area (TPSA) is 38.7 Å². The maximum atomic E-state index is 13.5. The lowest BCUT2D eigenvalue weighted by atomic mass is 10.0. The molecular weight excluding hydrogens is 305 g/mol. The number of nitrogens with zero attached hydrogens (tertiary/aromatic N) is 2. The molecular formula is C19H26FN3O. The van der Waals surface area contributed by atoms with Gasteiger partial charge in [-0.2, -0.15) is 0 Å². The summed E-state index contributed by atoms with van der Waals surface area (Å²) < 4.78 is 13.5. The van der Waals surface area contributed by atoms with Gasteiger partial charge in [0.25, 0.3) is 0 Å². The largest absolute Gasteiger partial charge is 0.395 e. The summed E-state index contributed by atoms with van der Waals surface area (Å²) in [6.45, 7) is 2.79. The van der Waals surface area contributed by atoms with Crippen LogP contribution < -0.4 is 15.1 Å². The van der Waals surface area contributed by atoms with Crippen LogP contribution in [0.5, 0.6) is 0 Å². The maximum Gasteiger partial charge on any atom is 0.125 e. The van der Waals surface area contributed by atoms with Crippen LogP contribution in [0.15, 0.2) is 42.5 Å². The number of aliphatic hydroxyl groups is 1. The molecule has 0 saturated carbocycles. The molecule has 0 spiro atoms. The quantitative estimate of drug-likeness (QED) is 0.814. The highest BCUT2D eigenvalue weighted by molar-refractivity contribution is 5.59. The molecule has 0 bridgehead atoms. The van der Waals surface area contributed by atoms with Gasteiger partial charge in [-0.1, -0.05) is 6.07 Å². The molecule has 0 saturated heterocycles. The molecule has 5 heteroatoms. The Balaban J connectivity index is 2.14. The molecule has 0 aliphatic heterocycles. The van der Waals surface area contributed by atoms with Crippen LogP contribution in [0.1, 0.15) is 18.5 Å². The number of aliphatic hydroxyl groups excluding tert-OH is 1. The molecule has 0 aliphatic rings. The number of hydrogen-bond donors (Lipinski definition) is 2. The van der Waals surface area contributed by atoms with Crippen LogP contribution in [-0.2, 0) is 0 Å². The van der Waals surface area contributed by atoms with Gasteiger partial charge in [-0.25, -0.2) is 4.39 Å². The van der Waals surface area contributed by atoms with Crippen molar-refractivity contribution in [3.8, 4) is 0 Å². The SMILES string of the molecule is CC(Nc1ccc(N(C)CCO)cc1)c1ccc(F)cc1N(C)C. The standard InChI is InChI=1S/C19H26FN3O/c1-14(18-10-5-15(20)13-19(18)22(2)3)21-16-6-8-17(9-7-16)23(4)11-12-24/h5-10,13-14,21,24H,11-12H2,1-4H3. The third-order valence-corrected chi connectivity index (χ3v) is 4.07. The van der Waals surface area contributed by atoms with E-state index in [1.54, 1.807) is 6.07 Å². The van der Waals surface area contributed by atoms with Gasteiger partial charge in [-0.3, -0.25) is 0 Å². The van der Waals surface area contributed by atoms with Crippen LogP contribution in [0.2, 0.25) is 0 Å². The first kappa shape index (κ1) is 18.1. The Morgan fingerprint density at radius 2 is 1.75 bits per heavy atom. The summed E-state index contributed by atoms with van der Waals surface area (Å²) in [5.74, 6) is -0.231. The van der Waals surface area contributed by atoms with E-state index in [0.29, 0.717) is 6.54 Å². The third-order valence-electron chi connectivity index (χ3n) is 4.07. The van der Waals surface area contributed by atoms with E-state index < -0.39 is 0 Å². The van der Waals surface area contributed by atoms with E-state index in [1.807, 2.05) is 61.3 Å². The monoisotopic (exact) mass is 331 g/mol. The lowest BCUT2D eigenvalue weighted by molar-refractivity contribution is 0.304. The highest BCUT2D eigenvalue weighted by atomic mass is 19.1. The van der Waals surface area contributed by atoms with E-state index in [-0.39, 0.29) is 18.5 Å². The average molecular weight is 331 g/mol. The van der Waals surface area contributed by atoms with Crippen molar-refractivity contribution in [2.75, 3.05) is 49.4 Å². The number of anilines is 3. The minimum Gasteiger partial charge on any atom is -0.395 e. The smallest absolute Gasteiger partial charge is 0.125 e. The predicted molar refractivity (Wildman–Crippen MR) is 99.6 cm³/mol. The van der Waals surface area contributed by atoms with Gasteiger partial charge >= 0.3 is 0 Å². The third kappa shape index (κ3) is 4.38. The molecule has 0 amide bonds.